The van der Waals surface area contributed by atoms with Gasteiger partial charge in [0, 0.05) is 31.9 Å². The summed E-state index contributed by atoms with van der Waals surface area (Å²) in [4.78, 5) is 0. The molecule has 1 aliphatic heterocycles. The molecular formula is C9H20N2O2. The zero-order valence-electron chi connectivity index (χ0n) is 8.09. The fourth-order valence-corrected chi connectivity index (χ4v) is 1.65. The Labute approximate surface area is 79.5 Å². The molecule has 0 aliphatic carbocycles. The third-order valence-corrected chi connectivity index (χ3v) is 2.68. The first kappa shape index (κ1) is 10.9. The van der Waals surface area contributed by atoms with E-state index in [2.05, 4.69) is 5.32 Å². The van der Waals surface area contributed by atoms with E-state index in [4.69, 9.17) is 15.6 Å². The van der Waals surface area contributed by atoms with Gasteiger partial charge < -0.3 is 20.9 Å². The van der Waals surface area contributed by atoms with Gasteiger partial charge in [-0.1, -0.05) is 0 Å². The van der Waals surface area contributed by atoms with Gasteiger partial charge in [0.1, 0.15) is 0 Å². The van der Waals surface area contributed by atoms with Crippen molar-refractivity contribution in [2.24, 2.45) is 5.73 Å². The molecule has 0 bridgehead atoms. The van der Waals surface area contributed by atoms with Crippen LogP contribution in [0.4, 0.5) is 0 Å². The van der Waals surface area contributed by atoms with E-state index in [0.717, 1.165) is 39.0 Å². The topological polar surface area (TPSA) is 67.5 Å². The fraction of sp³-hybridized carbons (Fsp3) is 1.00. The van der Waals surface area contributed by atoms with Crippen molar-refractivity contribution < 1.29 is 9.84 Å². The first-order chi connectivity index (χ1) is 6.33. The molecule has 13 heavy (non-hydrogen) atoms. The average Bonchev–Trinajstić information content (AvgIpc) is 2.20. The van der Waals surface area contributed by atoms with Crippen molar-refractivity contribution in [3.8, 4) is 0 Å². The van der Waals surface area contributed by atoms with Crippen molar-refractivity contribution in [2.45, 2.75) is 24.8 Å². The third kappa shape index (κ3) is 3.23. The maximum Gasteiger partial charge on any atom is 0.0484 e. The van der Waals surface area contributed by atoms with Crippen LogP contribution in [0.5, 0.6) is 0 Å². The number of hydrogen-bond donors (Lipinski definition) is 3. The van der Waals surface area contributed by atoms with Gasteiger partial charge in [-0.25, -0.2) is 0 Å². The Bertz CT molecular complexity index is 136. The van der Waals surface area contributed by atoms with Crippen LogP contribution in [0.3, 0.4) is 0 Å². The summed E-state index contributed by atoms with van der Waals surface area (Å²) >= 11 is 0. The molecule has 0 saturated carbocycles. The van der Waals surface area contributed by atoms with Gasteiger partial charge in [0.15, 0.2) is 0 Å². The highest BCUT2D eigenvalue weighted by atomic mass is 16.5. The molecule has 0 amide bonds. The minimum absolute atomic E-state index is 0.0629. The molecule has 1 saturated heterocycles. The molecule has 1 rings (SSSR count). The molecular weight excluding hydrogens is 168 g/mol. The monoisotopic (exact) mass is 188 g/mol. The van der Waals surface area contributed by atoms with Crippen molar-refractivity contribution in [3.63, 3.8) is 0 Å². The van der Waals surface area contributed by atoms with E-state index >= 15 is 0 Å². The summed E-state index contributed by atoms with van der Waals surface area (Å²) in [6.07, 6.45) is 2.76. The molecule has 4 nitrogen and oxygen atoms in total. The van der Waals surface area contributed by atoms with Gasteiger partial charge in [-0.05, 0) is 25.8 Å². The smallest absolute Gasteiger partial charge is 0.0484 e. The predicted molar refractivity (Wildman–Crippen MR) is 51.5 cm³/mol. The minimum atomic E-state index is 0.0629. The number of aliphatic hydroxyl groups is 1. The molecule has 1 fully saturated rings. The third-order valence-electron chi connectivity index (χ3n) is 2.68. The van der Waals surface area contributed by atoms with Gasteiger partial charge in [-0.3, -0.25) is 0 Å². The molecule has 4 heteroatoms. The van der Waals surface area contributed by atoms with Gasteiger partial charge >= 0.3 is 0 Å². The minimum Gasteiger partial charge on any atom is -0.396 e. The second kappa shape index (κ2) is 5.54. The van der Waals surface area contributed by atoms with Crippen molar-refractivity contribution in [3.05, 3.63) is 0 Å². The summed E-state index contributed by atoms with van der Waals surface area (Å²) in [6, 6.07) is 0. The summed E-state index contributed by atoms with van der Waals surface area (Å²) in [5.74, 6) is 0. The largest absolute Gasteiger partial charge is 0.396 e. The lowest BCUT2D eigenvalue weighted by Gasteiger charge is -2.37. The molecule has 0 unspecified atom stereocenters. The Morgan fingerprint density at radius 1 is 1.38 bits per heavy atom. The molecule has 4 N–H and O–H groups in total. The first-order valence-electron chi connectivity index (χ1n) is 4.97. The summed E-state index contributed by atoms with van der Waals surface area (Å²) in [5, 5.41) is 12.1. The second-order valence-electron chi connectivity index (χ2n) is 3.60. The number of aliphatic hydroxyl groups excluding tert-OH is 1. The maximum absolute atomic E-state index is 8.66. The maximum atomic E-state index is 8.66. The Balaban J connectivity index is 2.29. The zero-order valence-corrected chi connectivity index (χ0v) is 8.09. The molecule has 1 heterocycles. The van der Waals surface area contributed by atoms with Crippen LogP contribution in [-0.4, -0.2) is 43.6 Å². The van der Waals surface area contributed by atoms with Crippen LogP contribution in [0, 0.1) is 0 Å². The number of nitrogens with two attached hydrogens (primary N) is 1. The molecule has 0 aromatic rings. The van der Waals surface area contributed by atoms with Crippen LogP contribution >= 0.6 is 0 Å². The van der Waals surface area contributed by atoms with Crippen molar-refractivity contribution in [1.82, 2.24) is 5.32 Å². The summed E-state index contributed by atoms with van der Waals surface area (Å²) in [5.41, 5.74) is 5.80. The van der Waals surface area contributed by atoms with E-state index in [-0.39, 0.29) is 12.1 Å². The highest BCUT2D eigenvalue weighted by Gasteiger charge is 2.29. The van der Waals surface area contributed by atoms with Gasteiger partial charge in [-0.15, -0.1) is 0 Å². The molecule has 78 valence electrons. The quantitative estimate of drug-likeness (QED) is 0.507. The van der Waals surface area contributed by atoms with E-state index in [9.17, 15) is 0 Å². The molecule has 0 aromatic heterocycles. The number of nitrogens with one attached hydrogen (secondary N) is 1. The molecule has 0 atom stereocenters. The predicted octanol–water partition coefficient (Wildman–Crippen LogP) is -0.534. The van der Waals surface area contributed by atoms with Crippen LogP contribution in [0.1, 0.15) is 19.3 Å². The summed E-state index contributed by atoms with van der Waals surface area (Å²) in [6.45, 7) is 3.33. The van der Waals surface area contributed by atoms with E-state index in [1.165, 1.54) is 0 Å². The SMILES string of the molecule is NCC1(NCCCO)CCOCC1. The van der Waals surface area contributed by atoms with Gasteiger partial charge in [0.05, 0.1) is 0 Å². The van der Waals surface area contributed by atoms with Crippen LogP contribution in [0.15, 0.2) is 0 Å². The molecule has 1 aliphatic rings. The van der Waals surface area contributed by atoms with E-state index in [1.807, 2.05) is 0 Å². The van der Waals surface area contributed by atoms with Gasteiger partial charge in [0.2, 0.25) is 0 Å². The number of hydrogen-bond acceptors (Lipinski definition) is 4. The van der Waals surface area contributed by atoms with Crippen LogP contribution in [0.2, 0.25) is 0 Å². The molecule has 0 radical (unpaired) electrons. The van der Waals surface area contributed by atoms with E-state index in [1.54, 1.807) is 0 Å². The van der Waals surface area contributed by atoms with Crippen LogP contribution in [0.25, 0.3) is 0 Å². The lowest BCUT2D eigenvalue weighted by atomic mass is 9.90. The van der Waals surface area contributed by atoms with Crippen molar-refractivity contribution >= 4 is 0 Å². The zero-order chi connectivity index (χ0) is 9.57. The van der Waals surface area contributed by atoms with Crippen molar-refractivity contribution in [2.75, 3.05) is 32.9 Å². The standard InChI is InChI=1S/C9H20N2O2/c10-8-9(11-4-1-5-12)2-6-13-7-3-9/h11-12H,1-8,10H2. The highest BCUT2D eigenvalue weighted by Crippen LogP contribution is 2.18. The lowest BCUT2D eigenvalue weighted by Crippen LogP contribution is -2.54. The van der Waals surface area contributed by atoms with Gasteiger partial charge in [0.25, 0.3) is 0 Å². The molecule has 0 spiro atoms. The van der Waals surface area contributed by atoms with E-state index in [0.29, 0.717) is 6.54 Å². The van der Waals surface area contributed by atoms with E-state index < -0.39 is 0 Å². The summed E-state index contributed by atoms with van der Waals surface area (Å²) < 4.78 is 5.29. The Morgan fingerprint density at radius 3 is 2.62 bits per heavy atom. The Hall–Kier alpha value is -0.160. The first-order valence-corrected chi connectivity index (χ1v) is 4.97. The normalized spacial score (nSPS) is 21.7. The van der Waals surface area contributed by atoms with Crippen molar-refractivity contribution in [1.29, 1.82) is 0 Å². The second-order valence-corrected chi connectivity index (χ2v) is 3.60. The van der Waals surface area contributed by atoms with Crippen LogP contribution < -0.4 is 11.1 Å². The number of ether oxygens (including phenoxy) is 1. The number of rotatable bonds is 5. The Kier molecular flexibility index (Phi) is 4.66. The average molecular weight is 188 g/mol. The van der Waals surface area contributed by atoms with Gasteiger partial charge in [-0.2, -0.15) is 0 Å². The lowest BCUT2D eigenvalue weighted by molar-refractivity contribution is 0.0410. The molecule has 0 aromatic carbocycles. The highest BCUT2D eigenvalue weighted by molar-refractivity contribution is 4.90. The summed E-state index contributed by atoms with van der Waals surface area (Å²) in [7, 11) is 0. The fourth-order valence-electron chi connectivity index (χ4n) is 1.65. The van der Waals surface area contributed by atoms with Crippen LogP contribution in [-0.2, 0) is 4.74 Å². The Morgan fingerprint density at radius 2 is 2.08 bits per heavy atom.